The average molecular weight is 233 g/mol. The van der Waals surface area contributed by atoms with Crippen LogP contribution >= 0.6 is 27.5 Å². The lowest BCUT2D eigenvalue weighted by atomic mass is 10.3. The summed E-state index contributed by atoms with van der Waals surface area (Å²) in [5.41, 5.74) is 0.882. The maximum atomic E-state index is 5.68. The second-order valence-corrected chi connectivity index (χ2v) is 3.40. The number of nitrogens with zero attached hydrogens (tertiary/aromatic N) is 1. The monoisotopic (exact) mass is 231 g/mol. The summed E-state index contributed by atoms with van der Waals surface area (Å²) in [5.74, 6) is 0. The van der Waals surface area contributed by atoms with Crippen LogP contribution in [0.3, 0.4) is 0 Å². The van der Waals surface area contributed by atoms with Gasteiger partial charge in [0.15, 0.2) is 0 Å². The van der Waals surface area contributed by atoms with E-state index < -0.39 is 0 Å². The molecule has 1 nitrogen and oxygen atoms in total. The second-order valence-electron chi connectivity index (χ2n) is 2.02. The van der Waals surface area contributed by atoms with Gasteiger partial charge in [-0.2, -0.15) is 0 Å². The molecular formula is C8H7BrClN. The highest BCUT2D eigenvalue weighted by Crippen LogP contribution is 2.22. The predicted octanol–water partition coefficient (Wildman–Crippen LogP) is 3.36. The fraction of sp³-hybridized carbons (Fsp3) is 0.125. The van der Waals surface area contributed by atoms with Crippen molar-refractivity contribution in [2.24, 2.45) is 0 Å². The minimum absolute atomic E-state index is 0.0844. The fourth-order valence-electron chi connectivity index (χ4n) is 0.698. The van der Waals surface area contributed by atoms with E-state index in [0.29, 0.717) is 5.15 Å². The summed E-state index contributed by atoms with van der Waals surface area (Å²) in [4.78, 5) is 4.18. The van der Waals surface area contributed by atoms with Crippen LogP contribution in [0.5, 0.6) is 0 Å². The molecule has 58 valence electrons. The van der Waals surface area contributed by atoms with Crippen LogP contribution in [0.1, 0.15) is 10.5 Å². The summed E-state index contributed by atoms with van der Waals surface area (Å²) < 4.78 is 0. The number of alkyl halides is 1. The Morgan fingerprint density at radius 1 is 1.64 bits per heavy atom. The van der Waals surface area contributed by atoms with Crippen molar-refractivity contribution in [3.63, 3.8) is 0 Å². The molecule has 0 aliphatic heterocycles. The van der Waals surface area contributed by atoms with Crippen molar-refractivity contribution in [3.8, 4) is 0 Å². The van der Waals surface area contributed by atoms with Crippen LogP contribution in [0, 0.1) is 0 Å². The highest BCUT2D eigenvalue weighted by Gasteiger charge is 2.02. The summed E-state index contributed by atoms with van der Waals surface area (Å²) in [5, 5.41) is 0.508. The third-order valence-corrected chi connectivity index (χ3v) is 2.28. The number of hydrogen-bond donors (Lipinski definition) is 0. The van der Waals surface area contributed by atoms with Crippen molar-refractivity contribution in [1.29, 1.82) is 0 Å². The maximum absolute atomic E-state index is 5.68. The van der Waals surface area contributed by atoms with Gasteiger partial charge in [-0.15, -0.1) is 6.58 Å². The first-order valence-corrected chi connectivity index (χ1v) is 4.42. The predicted molar refractivity (Wildman–Crippen MR) is 51.1 cm³/mol. The Morgan fingerprint density at radius 3 is 2.91 bits per heavy atom. The van der Waals surface area contributed by atoms with Crippen LogP contribution in [0.2, 0.25) is 5.15 Å². The molecule has 1 atom stereocenters. The van der Waals surface area contributed by atoms with E-state index in [1.807, 2.05) is 12.1 Å². The van der Waals surface area contributed by atoms with Gasteiger partial charge in [0.2, 0.25) is 0 Å². The van der Waals surface area contributed by atoms with Gasteiger partial charge in [-0.1, -0.05) is 39.7 Å². The minimum Gasteiger partial charge on any atom is -0.240 e. The van der Waals surface area contributed by atoms with Gasteiger partial charge in [-0.25, -0.2) is 4.98 Å². The number of allylic oxidation sites excluding steroid dienone is 1. The molecule has 0 aliphatic carbocycles. The quantitative estimate of drug-likeness (QED) is 0.433. The molecule has 3 heteroatoms. The number of halogens is 2. The largest absolute Gasteiger partial charge is 0.240 e. The number of pyridine rings is 1. The molecular weight excluding hydrogens is 225 g/mol. The fourth-order valence-corrected chi connectivity index (χ4v) is 1.12. The van der Waals surface area contributed by atoms with Gasteiger partial charge in [0, 0.05) is 0 Å². The number of aromatic nitrogens is 1. The minimum atomic E-state index is 0.0844. The van der Waals surface area contributed by atoms with Crippen molar-refractivity contribution in [1.82, 2.24) is 4.98 Å². The van der Waals surface area contributed by atoms with Crippen molar-refractivity contribution in [2.45, 2.75) is 4.83 Å². The zero-order valence-corrected chi connectivity index (χ0v) is 8.14. The van der Waals surface area contributed by atoms with Crippen molar-refractivity contribution < 1.29 is 0 Å². The molecule has 0 saturated carbocycles. The molecule has 11 heavy (non-hydrogen) atoms. The lowest BCUT2D eigenvalue weighted by molar-refractivity contribution is 1.10. The van der Waals surface area contributed by atoms with Gasteiger partial charge in [0.25, 0.3) is 0 Å². The van der Waals surface area contributed by atoms with E-state index in [1.54, 1.807) is 12.1 Å². The van der Waals surface area contributed by atoms with Gasteiger partial charge in [0.05, 0.1) is 10.5 Å². The summed E-state index contributed by atoms with van der Waals surface area (Å²) in [6, 6.07) is 5.50. The van der Waals surface area contributed by atoms with Crippen LogP contribution in [0.25, 0.3) is 0 Å². The van der Waals surface area contributed by atoms with Crippen LogP contribution in [-0.4, -0.2) is 4.98 Å². The van der Waals surface area contributed by atoms with Crippen molar-refractivity contribution >= 4 is 27.5 Å². The van der Waals surface area contributed by atoms with Gasteiger partial charge in [-0.3, -0.25) is 0 Å². The van der Waals surface area contributed by atoms with Crippen LogP contribution in [0.15, 0.2) is 30.9 Å². The van der Waals surface area contributed by atoms with Crippen LogP contribution in [0.4, 0.5) is 0 Å². The molecule has 1 heterocycles. The van der Waals surface area contributed by atoms with E-state index in [-0.39, 0.29) is 4.83 Å². The Labute approximate surface area is 79.2 Å². The highest BCUT2D eigenvalue weighted by molar-refractivity contribution is 9.09. The van der Waals surface area contributed by atoms with Gasteiger partial charge in [-0.05, 0) is 12.1 Å². The standard InChI is InChI=1S/C8H7BrClN/c1-2-6(9)7-4-3-5-8(10)11-7/h2-6H,1H2. The van der Waals surface area contributed by atoms with E-state index in [9.17, 15) is 0 Å². The zero-order chi connectivity index (χ0) is 8.27. The third-order valence-electron chi connectivity index (χ3n) is 1.23. The molecule has 1 rings (SSSR count). The Morgan fingerprint density at radius 2 is 2.36 bits per heavy atom. The van der Waals surface area contributed by atoms with Crippen LogP contribution in [-0.2, 0) is 0 Å². The SMILES string of the molecule is C=CC(Br)c1cccc(Cl)n1. The first kappa shape index (κ1) is 8.75. The molecule has 1 aromatic rings. The van der Waals surface area contributed by atoms with E-state index in [2.05, 4.69) is 27.5 Å². The normalized spacial score (nSPS) is 12.5. The summed E-state index contributed by atoms with van der Waals surface area (Å²) in [6.45, 7) is 3.64. The van der Waals surface area contributed by atoms with E-state index in [0.717, 1.165) is 5.69 Å². The Hall–Kier alpha value is -0.340. The molecule has 0 aromatic carbocycles. The Balaban J connectivity index is 2.95. The first-order valence-electron chi connectivity index (χ1n) is 3.13. The molecule has 0 fully saturated rings. The summed E-state index contributed by atoms with van der Waals surface area (Å²) in [6.07, 6.45) is 1.76. The molecule has 0 N–H and O–H groups in total. The van der Waals surface area contributed by atoms with Crippen molar-refractivity contribution in [3.05, 3.63) is 41.7 Å². The lowest BCUT2D eigenvalue weighted by Crippen LogP contribution is -1.89. The third kappa shape index (κ3) is 2.31. The maximum Gasteiger partial charge on any atom is 0.129 e. The topological polar surface area (TPSA) is 12.9 Å². The van der Waals surface area contributed by atoms with E-state index >= 15 is 0 Å². The highest BCUT2D eigenvalue weighted by atomic mass is 79.9. The second kappa shape index (κ2) is 3.88. The number of hydrogen-bond acceptors (Lipinski definition) is 1. The molecule has 0 bridgehead atoms. The molecule has 1 aromatic heterocycles. The van der Waals surface area contributed by atoms with Gasteiger partial charge < -0.3 is 0 Å². The van der Waals surface area contributed by atoms with Gasteiger partial charge in [0.1, 0.15) is 5.15 Å². The Kier molecular flexibility index (Phi) is 3.09. The van der Waals surface area contributed by atoms with Crippen LogP contribution < -0.4 is 0 Å². The molecule has 0 amide bonds. The van der Waals surface area contributed by atoms with Crippen molar-refractivity contribution in [2.75, 3.05) is 0 Å². The molecule has 0 aliphatic rings. The van der Waals surface area contributed by atoms with Gasteiger partial charge >= 0.3 is 0 Å². The Bertz CT molecular complexity index is 262. The summed E-state index contributed by atoms with van der Waals surface area (Å²) >= 11 is 9.06. The van der Waals surface area contributed by atoms with E-state index in [4.69, 9.17) is 11.6 Å². The van der Waals surface area contributed by atoms with E-state index in [1.165, 1.54) is 0 Å². The smallest absolute Gasteiger partial charge is 0.129 e. The average Bonchev–Trinajstić information content (AvgIpc) is 2.03. The molecule has 0 spiro atoms. The molecule has 1 unspecified atom stereocenters. The molecule has 0 radical (unpaired) electrons. The molecule has 0 saturated heterocycles. The first-order chi connectivity index (χ1) is 5.24. The lowest BCUT2D eigenvalue weighted by Gasteiger charge is -2.02. The number of rotatable bonds is 2. The zero-order valence-electron chi connectivity index (χ0n) is 5.80. The summed E-state index contributed by atoms with van der Waals surface area (Å²) in [7, 11) is 0.